The van der Waals surface area contributed by atoms with Crippen LogP contribution in [0.2, 0.25) is 0 Å². The van der Waals surface area contributed by atoms with Crippen LogP contribution in [-0.2, 0) is 14.9 Å². The van der Waals surface area contributed by atoms with E-state index < -0.39 is 10.8 Å². The minimum Gasteiger partial charge on any atom is -0.379 e. The predicted molar refractivity (Wildman–Crippen MR) is 80.6 cm³/mol. The number of nitriles is 1. The van der Waals surface area contributed by atoms with Gasteiger partial charge in [-0.1, -0.05) is 12.1 Å². The highest BCUT2D eigenvalue weighted by Gasteiger charge is 2.44. The molecule has 1 aromatic carbocycles. The van der Waals surface area contributed by atoms with Crippen molar-refractivity contribution in [1.82, 2.24) is 0 Å². The quantitative estimate of drug-likeness (QED) is 0.887. The third-order valence-electron chi connectivity index (χ3n) is 4.18. The van der Waals surface area contributed by atoms with Gasteiger partial charge in [-0.15, -0.1) is 0 Å². The SMILES string of the molecule is CC(C)(C#N)c1ccc(NC(=O)C2(C)COCC2N)cc1. The fraction of sp³-hybridized carbons (Fsp3) is 0.500. The molecule has 0 saturated carbocycles. The molecule has 1 fully saturated rings. The molecule has 3 N–H and O–H groups in total. The van der Waals surface area contributed by atoms with Crippen LogP contribution >= 0.6 is 0 Å². The minimum atomic E-state index is -0.704. The average Bonchev–Trinajstić information content (AvgIpc) is 2.80. The summed E-state index contributed by atoms with van der Waals surface area (Å²) < 4.78 is 5.29. The third-order valence-corrected chi connectivity index (χ3v) is 4.18. The van der Waals surface area contributed by atoms with Crippen molar-refractivity contribution in [2.24, 2.45) is 11.1 Å². The highest BCUT2D eigenvalue weighted by Crippen LogP contribution is 2.29. The van der Waals surface area contributed by atoms with Gasteiger partial charge in [0.05, 0.1) is 30.1 Å². The van der Waals surface area contributed by atoms with Gasteiger partial charge in [0.2, 0.25) is 5.91 Å². The maximum atomic E-state index is 12.4. The molecule has 0 bridgehead atoms. The van der Waals surface area contributed by atoms with E-state index in [1.807, 2.05) is 32.9 Å². The summed E-state index contributed by atoms with van der Waals surface area (Å²) in [5.74, 6) is -0.139. The van der Waals surface area contributed by atoms with Gasteiger partial charge in [-0.25, -0.2) is 0 Å². The molecule has 2 atom stereocenters. The van der Waals surface area contributed by atoms with E-state index in [9.17, 15) is 4.79 Å². The highest BCUT2D eigenvalue weighted by molar-refractivity contribution is 5.96. The lowest BCUT2D eigenvalue weighted by atomic mass is 9.84. The number of anilines is 1. The van der Waals surface area contributed by atoms with Crippen LogP contribution in [0.4, 0.5) is 5.69 Å². The Morgan fingerprint density at radius 3 is 2.57 bits per heavy atom. The Morgan fingerprint density at radius 1 is 1.48 bits per heavy atom. The molecule has 1 saturated heterocycles. The molecule has 112 valence electrons. The fourth-order valence-corrected chi connectivity index (χ4v) is 2.23. The summed E-state index contributed by atoms with van der Waals surface area (Å²) in [5, 5.41) is 12.0. The first-order valence-electron chi connectivity index (χ1n) is 6.96. The molecule has 1 aliphatic rings. The zero-order chi connectivity index (χ0) is 15.7. The first-order valence-corrected chi connectivity index (χ1v) is 6.96. The summed E-state index contributed by atoms with van der Waals surface area (Å²) in [6.07, 6.45) is 0. The maximum absolute atomic E-state index is 12.4. The second kappa shape index (κ2) is 5.47. The van der Waals surface area contributed by atoms with Gasteiger partial charge in [-0.3, -0.25) is 4.79 Å². The number of carbonyl (C=O) groups excluding carboxylic acids is 1. The highest BCUT2D eigenvalue weighted by atomic mass is 16.5. The number of hydrogen-bond acceptors (Lipinski definition) is 4. The van der Waals surface area contributed by atoms with Gasteiger partial charge in [-0.05, 0) is 38.5 Å². The molecule has 1 aromatic rings. The van der Waals surface area contributed by atoms with Crippen molar-refractivity contribution in [2.45, 2.75) is 32.2 Å². The summed E-state index contributed by atoms with van der Waals surface area (Å²) >= 11 is 0. The Morgan fingerprint density at radius 2 is 2.10 bits per heavy atom. The molecule has 0 radical (unpaired) electrons. The molecule has 1 amide bonds. The third kappa shape index (κ3) is 2.92. The van der Waals surface area contributed by atoms with Crippen LogP contribution < -0.4 is 11.1 Å². The summed E-state index contributed by atoms with van der Waals surface area (Å²) in [5.41, 5.74) is 6.30. The van der Waals surface area contributed by atoms with Crippen LogP contribution in [-0.4, -0.2) is 25.2 Å². The van der Waals surface area contributed by atoms with Gasteiger partial charge in [0.1, 0.15) is 0 Å². The molecule has 1 aliphatic heterocycles. The largest absolute Gasteiger partial charge is 0.379 e. The second-order valence-electron chi connectivity index (χ2n) is 6.31. The molecule has 2 unspecified atom stereocenters. The molecule has 0 aromatic heterocycles. The van der Waals surface area contributed by atoms with E-state index in [2.05, 4.69) is 11.4 Å². The Bertz CT molecular complexity index is 574. The minimum absolute atomic E-state index is 0.139. The van der Waals surface area contributed by atoms with E-state index in [0.29, 0.717) is 18.9 Å². The predicted octanol–water partition coefficient (Wildman–Crippen LogP) is 1.79. The number of benzene rings is 1. The fourth-order valence-electron chi connectivity index (χ4n) is 2.23. The number of rotatable bonds is 3. The maximum Gasteiger partial charge on any atom is 0.234 e. The summed E-state index contributed by atoms with van der Waals surface area (Å²) in [4.78, 5) is 12.4. The topological polar surface area (TPSA) is 88.1 Å². The van der Waals surface area contributed by atoms with Crippen LogP contribution in [0.1, 0.15) is 26.3 Å². The number of nitrogens with two attached hydrogens (primary N) is 1. The van der Waals surface area contributed by atoms with Crippen LogP contribution in [0.5, 0.6) is 0 Å². The van der Waals surface area contributed by atoms with Crippen molar-refractivity contribution in [1.29, 1.82) is 5.26 Å². The van der Waals surface area contributed by atoms with E-state index >= 15 is 0 Å². The Kier molecular flexibility index (Phi) is 4.04. The normalized spacial score (nSPS) is 25.4. The van der Waals surface area contributed by atoms with Crippen molar-refractivity contribution in [3.05, 3.63) is 29.8 Å². The lowest BCUT2D eigenvalue weighted by Crippen LogP contribution is -2.47. The average molecular weight is 287 g/mol. The number of amides is 1. The zero-order valence-corrected chi connectivity index (χ0v) is 12.6. The molecular formula is C16H21N3O2. The standard InChI is InChI=1S/C16H21N3O2/c1-15(2,9-17)11-4-6-12(7-5-11)19-14(20)16(3)10-21-8-13(16)18/h4-7,13H,8,10,18H2,1-3H3,(H,19,20). The number of ether oxygens (including phenoxy) is 1. The van der Waals surface area contributed by atoms with Crippen molar-refractivity contribution in [2.75, 3.05) is 18.5 Å². The first-order chi connectivity index (χ1) is 9.79. The summed E-state index contributed by atoms with van der Waals surface area (Å²) in [7, 11) is 0. The van der Waals surface area contributed by atoms with Gasteiger partial charge in [-0.2, -0.15) is 5.26 Å². The Hall–Kier alpha value is -1.90. The number of nitrogens with one attached hydrogen (secondary N) is 1. The van der Waals surface area contributed by atoms with Crippen molar-refractivity contribution in [3.8, 4) is 6.07 Å². The Balaban J connectivity index is 2.11. The van der Waals surface area contributed by atoms with Gasteiger partial charge in [0.15, 0.2) is 0 Å². The van der Waals surface area contributed by atoms with Crippen LogP contribution in [0.25, 0.3) is 0 Å². The van der Waals surface area contributed by atoms with Gasteiger partial charge < -0.3 is 15.8 Å². The van der Waals surface area contributed by atoms with Crippen molar-refractivity contribution < 1.29 is 9.53 Å². The number of hydrogen-bond donors (Lipinski definition) is 2. The van der Waals surface area contributed by atoms with E-state index in [1.165, 1.54) is 0 Å². The number of carbonyl (C=O) groups is 1. The van der Waals surface area contributed by atoms with Crippen LogP contribution in [0, 0.1) is 16.7 Å². The first kappa shape index (κ1) is 15.5. The molecule has 21 heavy (non-hydrogen) atoms. The molecule has 0 spiro atoms. The summed E-state index contributed by atoms with van der Waals surface area (Å²) in [6, 6.07) is 9.27. The van der Waals surface area contributed by atoms with Crippen LogP contribution in [0.3, 0.4) is 0 Å². The van der Waals surface area contributed by atoms with Crippen molar-refractivity contribution in [3.63, 3.8) is 0 Å². The molecule has 1 heterocycles. The van der Waals surface area contributed by atoms with Crippen molar-refractivity contribution >= 4 is 11.6 Å². The Labute approximate surface area is 125 Å². The van der Waals surface area contributed by atoms with E-state index in [0.717, 1.165) is 5.56 Å². The molecule has 0 aliphatic carbocycles. The molecule has 5 nitrogen and oxygen atoms in total. The van der Waals surface area contributed by atoms with E-state index in [4.69, 9.17) is 15.7 Å². The van der Waals surface area contributed by atoms with Crippen LogP contribution in [0.15, 0.2) is 24.3 Å². The van der Waals surface area contributed by atoms with Gasteiger partial charge in [0.25, 0.3) is 0 Å². The smallest absolute Gasteiger partial charge is 0.234 e. The van der Waals surface area contributed by atoms with Gasteiger partial charge >= 0.3 is 0 Å². The van der Waals surface area contributed by atoms with Gasteiger partial charge in [0, 0.05) is 11.7 Å². The van der Waals surface area contributed by atoms with E-state index in [-0.39, 0.29) is 11.9 Å². The lowest BCUT2D eigenvalue weighted by molar-refractivity contribution is -0.125. The molecule has 2 rings (SSSR count). The molecule has 5 heteroatoms. The number of nitrogens with zero attached hydrogens (tertiary/aromatic N) is 1. The second-order valence-corrected chi connectivity index (χ2v) is 6.31. The zero-order valence-electron chi connectivity index (χ0n) is 12.6. The molecular weight excluding hydrogens is 266 g/mol. The lowest BCUT2D eigenvalue weighted by Gasteiger charge is -2.25. The monoisotopic (exact) mass is 287 g/mol. The summed E-state index contributed by atoms with van der Waals surface area (Å²) in [6.45, 7) is 6.26. The van der Waals surface area contributed by atoms with E-state index in [1.54, 1.807) is 12.1 Å².